The van der Waals surface area contributed by atoms with E-state index in [0.717, 1.165) is 3.97 Å². The Morgan fingerprint density at radius 2 is 1.96 bits per heavy atom. The van der Waals surface area contributed by atoms with Crippen molar-refractivity contribution in [2.75, 3.05) is 7.05 Å². The van der Waals surface area contributed by atoms with Crippen molar-refractivity contribution in [2.24, 2.45) is 0 Å². The van der Waals surface area contributed by atoms with Crippen molar-refractivity contribution in [1.82, 2.24) is 14.3 Å². The van der Waals surface area contributed by atoms with Gasteiger partial charge in [0.2, 0.25) is 0 Å². The van der Waals surface area contributed by atoms with Crippen LogP contribution in [0.1, 0.15) is 5.69 Å². The van der Waals surface area contributed by atoms with Gasteiger partial charge in [0.15, 0.2) is 0 Å². The second kappa shape index (κ2) is 6.73. The van der Waals surface area contributed by atoms with Gasteiger partial charge in [-0.1, -0.05) is 29.8 Å². The molecule has 130 valence electrons. The fourth-order valence-corrected chi connectivity index (χ4v) is 4.08. The monoisotopic (exact) mass is 379 g/mol. The highest BCUT2D eigenvalue weighted by molar-refractivity contribution is 7.90. The zero-order valence-electron chi connectivity index (χ0n) is 13.1. The van der Waals surface area contributed by atoms with Crippen molar-refractivity contribution in [3.05, 3.63) is 59.4 Å². The van der Waals surface area contributed by atoms with Crippen LogP contribution in [-0.2, 0) is 21.4 Å². The van der Waals surface area contributed by atoms with E-state index in [1.54, 1.807) is 24.3 Å². The Labute approximate surface area is 149 Å². The second-order valence-electron chi connectivity index (χ2n) is 5.08. The maximum absolute atomic E-state index is 13.1. The summed E-state index contributed by atoms with van der Waals surface area (Å²) in [5.74, 6) is 0. The van der Waals surface area contributed by atoms with E-state index in [4.69, 9.17) is 16.3 Å². The molecule has 1 N–H and O–H groups in total. The van der Waals surface area contributed by atoms with E-state index in [1.807, 2.05) is 0 Å². The summed E-state index contributed by atoms with van der Waals surface area (Å²) in [5.41, 5.74) is 1.00. The van der Waals surface area contributed by atoms with Crippen LogP contribution in [0.5, 0.6) is 0 Å². The van der Waals surface area contributed by atoms with Gasteiger partial charge in [-0.15, -0.1) is 0 Å². The highest BCUT2D eigenvalue weighted by Crippen LogP contribution is 2.26. The van der Waals surface area contributed by atoms with Crippen LogP contribution >= 0.6 is 11.6 Å². The molecule has 0 aliphatic rings. The molecule has 0 aliphatic carbocycles. The third-order valence-corrected chi connectivity index (χ3v) is 5.48. The van der Waals surface area contributed by atoms with Gasteiger partial charge in [0, 0.05) is 7.05 Å². The molecule has 0 bridgehead atoms. The van der Waals surface area contributed by atoms with Crippen molar-refractivity contribution < 1.29 is 17.9 Å². The average Bonchev–Trinajstić information content (AvgIpc) is 2.98. The maximum atomic E-state index is 13.1. The molecule has 7 nitrogen and oxygen atoms in total. The topological polar surface area (TPSA) is 90.3 Å². The molecule has 2 heterocycles. The smallest absolute Gasteiger partial charge is 0.407 e. The molecule has 3 rings (SSSR count). The number of nitrogens with zero attached hydrogens (tertiary/aromatic N) is 2. The Bertz CT molecular complexity index is 1030. The van der Waals surface area contributed by atoms with Gasteiger partial charge >= 0.3 is 6.09 Å². The number of aromatic nitrogens is 2. The lowest BCUT2D eigenvalue weighted by Gasteiger charge is -2.12. The van der Waals surface area contributed by atoms with E-state index in [2.05, 4.69) is 10.3 Å². The van der Waals surface area contributed by atoms with Crippen LogP contribution in [0.3, 0.4) is 0 Å². The fraction of sp³-hybridized carbons (Fsp3) is 0.125. The molecule has 0 unspecified atom stereocenters. The molecule has 0 radical (unpaired) electrons. The number of carbonyl (C=O) groups excluding carboxylic acids is 1. The van der Waals surface area contributed by atoms with Gasteiger partial charge in [-0.2, -0.15) is 0 Å². The molecular formula is C16H14ClN3O4S. The fourth-order valence-electron chi connectivity index (χ4n) is 2.39. The van der Waals surface area contributed by atoms with Gasteiger partial charge in [0.1, 0.15) is 11.8 Å². The third-order valence-electron chi connectivity index (χ3n) is 3.49. The SMILES string of the molecule is CNC(=O)OCc1cc2nc(Cl)ccc2n1S(=O)(=O)c1ccccc1. The molecule has 1 aromatic carbocycles. The van der Waals surface area contributed by atoms with Crippen molar-refractivity contribution in [1.29, 1.82) is 0 Å². The Hall–Kier alpha value is -2.58. The first-order valence-electron chi connectivity index (χ1n) is 7.25. The Morgan fingerprint density at radius 3 is 2.64 bits per heavy atom. The van der Waals surface area contributed by atoms with Crippen LogP contribution in [0.15, 0.2) is 53.4 Å². The molecule has 0 saturated heterocycles. The minimum Gasteiger partial charge on any atom is -0.443 e. The van der Waals surface area contributed by atoms with Crippen LogP contribution in [0.25, 0.3) is 11.0 Å². The number of ether oxygens (including phenoxy) is 1. The first-order valence-corrected chi connectivity index (χ1v) is 9.07. The van der Waals surface area contributed by atoms with E-state index in [1.165, 1.54) is 31.3 Å². The van der Waals surface area contributed by atoms with Crippen molar-refractivity contribution in [3.63, 3.8) is 0 Å². The van der Waals surface area contributed by atoms with Gasteiger partial charge in [0.25, 0.3) is 10.0 Å². The van der Waals surface area contributed by atoms with Gasteiger partial charge in [-0.25, -0.2) is 22.2 Å². The number of alkyl carbamates (subject to hydrolysis) is 1. The number of pyridine rings is 1. The molecule has 1 amide bonds. The Morgan fingerprint density at radius 1 is 1.24 bits per heavy atom. The summed E-state index contributed by atoms with van der Waals surface area (Å²) in [5, 5.41) is 2.55. The number of hydrogen-bond acceptors (Lipinski definition) is 5. The maximum Gasteiger partial charge on any atom is 0.407 e. The standard InChI is InChI=1S/C16H14ClN3O4S/c1-18-16(21)24-10-11-9-13-14(7-8-15(17)19-13)20(11)25(22,23)12-5-3-2-4-6-12/h2-9H,10H2,1H3,(H,18,21). The lowest BCUT2D eigenvalue weighted by atomic mass is 10.4. The molecule has 3 aromatic rings. The zero-order chi connectivity index (χ0) is 18.0. The molecule has 0 saturated carbocycles. The molecular weight excluding hydrogens is 366 g/mol. The second-order valence-corrected chi connectivity index (χ2v) is 7.26. The number of halogens is 1. The van der Waals surface area contributed by atoms with Crippen LogP contribution in [0.2, 0.25) is 5.15 Å². The number of fused-ring (bicyclic) bond motifs is 1. The molecule has 25 heavy (non-hydrogen) atoms. The number of carbonyl (C=O) groups is 1. The van der Waals surface area contributed by atoms with Crippen molar-refractivity contribution in [2.45, 2.75) is 11.5 Å². The number of rotatable bonds is 4. The highest BCUT2D eigenvalue weighted by Gasteiger charge is 2.24. The van der Waals surface area contributed by atoms with Crippen LogP contribution in [0.4, 0.5) is 4.79 Å². The molecule has 0 spiro atoms. The van der Waals surface area contributed by atoms with E-state index in [-0.39, 0.29) is 22.3 Å². The first-order chi connectivity index (χ1) is 11.9. The van der Waals surface area contributed by atoms with Crippen LogP contribution in [-0.4, -0.2) is 30.5 Å². The number of amides is 1. The number of hydrogen-bond donors (Lipinski definition) is 1. The van der Waals surface area contributed by atoms with Gasteiger partial charge in [-0.3, -0.25) is 0 Å². The Kier molecular flexibility index (Phi) is 4.65. The minimum atomic E-state index is -3.90. The van der Waals surface area contributed by atoms with Gasteiger partial charge < -0.3 is 10.1 Å². The minimum absolute atomic E-state index is 0.114. The van der Waals surface area contributed by atoms with Gasteiger partial charge in [0.05, 0.1) is 21.6 Å². The summed E-state index contributed by atoms with van der Waals surface area (Å²) in [6.07, 6.45) is -0.667. The predicted molar refractivity (Wildman–Crippen MR) is 93.0 cm³/mol. The first kappa shape index (κ1) is 17.2. The van der Waals surface area contributed by atoms with Crippen molar-refractivity contribution >= 4 is 38.8 Å². The van der Waals surface area contributed by atoms with E-state index in [9.17, 15) is 13.2 Å². The predicted octanol–water partition coefficient (Wildman–Crippen LogP) is 2.78. The average molecular weight is 380 g/mol. The van der Waals surface area contributed by atoms with E-state index >= 15 is 0 Å². The lowest BCUT2D eigenvalue weighted by Crippen LogP contribution is -2.21. The number of nitrogens with one attached hydrogen (secondary N) is 1. The summed E-state index contributed by atoms with van der Waals surface area (Å²) in [6.45, 7) is -0.236. The summed E-state index contributed by atoms with van der Waals surface area (Å²) in [7, 11) is -2.48. The summed E-state index contributed by atoms with van der Waals surface area (Å²) >= 11 is 5.90. The van der Waals surface area contributed by atoms with Gasteiger partial charge in [-0.05, 0) is 30.3 Å². The third kappa shape index (κ3) is 3.31. The molecule has 0 fully saturated rings. The number of benzene rings is 1. The van der Waals surface area contributed by atoms with E-state index < -0.39 is 16.1 Å². The normalized spacial score (nSPS) is 11.4. The Balaban J connectivity index is 2.19. The summed E-state index contributed by atoms with van der Waals surface area (Å²) in [4.78, 5) is 15.6. The van der Waals surface area contributed by atoms with Crippen molar-refractivity contribution in [3.8, 4) is 0 Å². The largest absolute Gasteiger partial charge is 0.443 e. The molecule has 0 atom stereocenters. The zero-order valence-corrected chi connectivity index (χ0v) is 14.7. The van der Waals surface area contributed by atoms with Crippen LogP contribution < -0.4 is 5.32 Å². The highest BCUT2D eigenvalue weighted by atomic mass is 35.5. The quantitative estimate of drug-likeness (QED) is 0.704. The molecule has 9 heteroatoms. The molecule has 2 aromatic heterocycles. The van der Waals surface area contributed by atoms with E-state index in [0.29, 0.717) is 11.0 Å². The summed E-state index contributed by atoms with van der Waals surface area (Å²) < 4.78 is 32.3. The lowest BCUT2D eigenvalue weighted by molar-refractivity contribution is 0.140. The molecule has 0 aliphatic heterocycles. The summed E-state index contributed by atoms with van der Waals surface area (Å²) in [6, 6.07) is 12.6. The van der Waals surface area contributed by atoms with Crippen LogP contribution in [0, 0.1) is 0 Å².